The van der Waals surface area contributed by atoms with Crippen LogP contribution in [0.15, 0.2) is 54.6 Å². The van der Waals surface area contributed by atoms with Crippen LogP contribution >= 0.6 is 0 Å². The molecule has 28 heavy (non-hydrogen) atoms. The SMILES string of the molecule is COC(=O)c1cccc(OCCCC(=O)NCC(=O)OCc2ccccc2)c1. The van der Waals surface area contributed by atoms with Crippen LogP contribution in [0.2, 0.25) is 0 Å². The molecule has 0 bridgehead atoms. The molecule has 0 heterocycles. The molecule has 0 aliphatic heterocycles. The molecule has 2 rings (SSSR count). The van der Waals surface area contributed by atoms with Crippen molar-refractivity contribution in [2.24, 2.45) is 0 Å². The van der Waals surface area contributed by atoms with E-state index in [0.717, 1.165) is 5.56 Å². The summed E-state index contributed by atoms with van der Waals surface area (Å²) in [4.78, 5) is 34.9. The van der Waals surface area contributed by atoms with E-state index in [9.17, 15) is 14.4 Å². The Hall–Kier alpha value is -3.35. The van der Waals surface area contributed by atoms with Crippen molar-refractivity contribution in [3.8, 4) is 5.75 Å². The molecule has 0 spiro atoms. The van der Waals surface area contributed by atoms with Crippen molar-refractivity contribution in [3.05, 3.63) is 65.7 Å². The first-order valence-corrected chi connectivity index (χ1v) is 8.86. The van der Waals surface area contributed by atoms with Gasteiger partial charge in [-0.1, -0.05) is 36.4 Å². The number of carbonyl (C=O) groups is 3. The number of methoxy groups -OCH3 is 1. The molecule has 0 fully saturated rings. The molecule has 1 N–H and O–H groups in total. The fraction of sp³-hybridized carbons (Fsp3) is 0.286. The van der Waals surface area contributed by atoms with Crippen LogP contribution in [0.3, 0.4) is 0 Å². The maximum atomic E-state index is 11.8. The molecular formula is C21H23NO6. The minimum Gasteiger partial charge on any atom is -0.494 e. The van der Waals surface area contributed by atoms with Gasteiger partial charge in [-0.05, 0) is 30.2 Å². The van der Waals surface area contributed by atoms with E-state index in [4.69, 9.17) is 9.47 Å². The van der Waals surface area contributed by atoms with Crippen LogP contribution < -0.4 is 10.1 Å². The Kier molecular flexibility index (Phi) is 8.52. The third-order valence-electron chi connectivity index (χ3n) is 3.74. The Bertz CT molecular complexity index is 790. The van der Waals surface area contributed by atoms with E-state index in [0.29, 0.717) is 24.3 Å². The molecule has 0 saturated heterocycles. The zero-order chi connectivity index (χ0) is 20.2. The second-order valence-electron chi connectivity index (χ2n) is 5.89. The lowest BCUT2D eigenvalue weighted by molar-refractivity contribution is -0.145. The summed E-state index contributed by atoms with van der Waals surface area (Å²) in [6, 6.07) is 15.9. The Morgan fingerprint density at radius 1 is 1.00 bits per heavy atom. The van der Waals surface area contributed by atoms with Crippen molar-refractivity contribution in [2.75, 3.05) is 20.3 Å². The molecule has 0 aliphatic rings. The maximum Gasteiger partial charge on any atom is 0.337 e. The highest BCUT2D eigenvalue weighted by molar-refractivity contribution is 5.89. The van der Waals surface area contributed by atoms with Crippen molar-refractivity contribution < 1.29 is 28.6 Å². The molecule has 0 aliphatic carbocycles. The van der Waals surface area contributed by atoms with E-state index in [1.54, 1.807) is 24.3 Å². The van der Waals surface area contributed by atoms with E-state index < -0.39 is 11.9 Å². The lowest BCUT2D eigenvalue weighted by Gasteiger charge is -2.08. The van der Waals surface area contributed by atoms with Crippen LogP contribution in [-0.4, -0.2) is 38.1 Å². The summed E-state index contributed by atoms with van der Waals surface area (Å²) in [5.41, 5.74) is 1.28. The van der Waals surface area contributed by atoms with Crippen LogP contribution in [0.1, 0.15) is 28.8 Å². The molecule has 0 atom stereocenters. The number of amides is 1. The van der Waals surface area contributed by atoms with Gasteiger partial charge < -0.3 is 19.5 Å². The largest absolute Gasteiger partial charge is 0.494 e. The fourth-order valence-corrected chi connectivity index (χ4v) is 2.30. The van der Waals surface area contributed by atoms with Gasteiger partial charge in [-0.15, -0.1) is 0 Å². The first-order valence-electron chi connectivity index (χ1n) is 8.86. The highest BCUT2D eigenvalue weighted by atomic mass is 16.5. The van der Waals surface area contributed by atoms with E-state index in [1.165, 1.54) is 7.11 Å². The first-order chi connectivity index (χ1) is 13.6. The van der Waals surface area contributed by atoms with Gasteiger partial charge in [0.2, 0.25) is 5.91 Å². The zero-order valence-electron chi connectivity index (χ0n) is 15.7. The fourth-order valence-electron chi connectivity index (χ4n) is 2.30. The molecule has 0 aromatic heterocycles. The predicted octanol–water partition coefficient (Wildman–Crippen LogP) is 2.49. The van der Waals surface area contributed by atoms with Gasteiger partial charge in [0.1, 0.15) is 18.9 Å². The number of esters is 2. The Morgan fingerprint density at radius 2 is 1.79 bits per heavy atom. The van der Waals surface area contributed by atoms with Crippen LogP contribution in [-0.2, 0) is 25.7 Å². The Morgan fingerprint density at radius 3 is 2.54 bits per heavy atom. The standard InChI is InChI=1S/C21H23NO6/c1-26-21(25)17-9-5-10-18(13-17)27-12-6-11-19(23)22-14-20(24)28-15-16-7-3-2-4-8-16/h2-5,7-10,13H,6,11-12,14-15H2,1H3,(H,22,23). The highest BCUT2D eigenvalue weighted by Crippen LogP contribution is 2.14. The predicted molar refractivity (Wildman–Crippen MR) is 102 cm³/mol. The number of hydrogen-bond donors (Lipinski definition) is 1. The lowest BCUT2D eigenvalue weighted by Crippen LogP contribution is -2.30. The quantitative estimate of drug-likeness (QED) is 0.499. The lowest BCUT2D eigenvalue weighted by atomic mass is 10.2. The molecule has 0 saturated carbocycles. The number of rotatable bonds is 10. The van der Waals surface area contributed by atoms with Gasteiger partial charge in [-0.3, -0.25) is 9.59 Å². The third-order valence-corrected chi connectivity index (χ3v) is 3.74. The number of carbonyl (C=O) groups excluding carboxylic acids is 3. The molecular weight excluding hydrogens is 362 g/mol. The second kappa shape index (κ2) is 11.4. The molecule has 2 aromatic carbocycles. The third kappa shape index (κ3) is 7.49. The number of nitrogens with one attached hydrogen (secondary N) is 1. The van der Waals surface area contributed by atoms with Crippen LogP contribution in [0.4, 0.5) is 0 Å². The van der Waals surface area contributed by atoms with Gasteiger partial charge in [-0.2, -0.15) is 0 Å². The van der Waals surface area contributed by atoms with Gasteiger partial charge in [0.05, 0.1) is 19.3 Å². The van der Waals surface area contributed by atoms with Crippen molar-refractivity contribution in [1.29, 1.82) is 0 Å². The molecule has 2 aromatic rings. The van der Waals surface area contributed by atoms with Crippen molar-refractivity contribution >= 4 is 17.8 Å². The van der Waals surface area contributed by atoms with Gasteiger partial charge in [0, 0.05) is 6.42 Å². The monoisotopic (exact) mass is 385 g/mol. The molecule has 0 radical (unpaired) electrons. The van der Waals surface area contributed by atoms with Crippen molar-refractivity contribution in [3.63, 3.8) is 0 Å². The van der Waals surface area contributed by atoms with Gasteiger partial charge in [0.25, 0.3) is 0 Å². The van der Waals surface area contributed by atoms with E-state index >= 15 is 0 Å². The number of ether oxygens (including phenoxy) is 3. The molecule has 148 valence electrons. The number of benzene rings is 2. The normalized spacial score (nSPS) is 10.0. The maximum absolute atomic E-state index is 11.8. The van der Waals surface area contributed by atoms with E-state index in [-0.39, 0.29) is 25.5 Å². The summed E-state index contributed by atoms with van der Waals surface area (Å²) < 4.78 is 15.3. The first kappa shape index (κ1) is 21.0. The molecule has 0 unspecified atom stereocenters. The van der Waals surface area contributed by atoms with Gasteiger partial charge >= 0.3 is 11.9 Å². The molecule has 7 nitrogen and oxygen atoms in total. The van der Waals surface area contributed by atoms with Crippen molar-refractivity contribution in [1.82, 2.24) is 5.32 Å². The summed E-state index contributed by atoms with van der Waals surface area (Å²) in [6.45, 7) is 0.304. The minimum absolute atomic E-state index is 0.173. The van der Waals surface area contributed by atoms with Crippen LogP contribution in [0, 0.1) is 0 Å². The smallest absolute Gasteiger partial charge is 0.337 e. The minimum atomic E-state index is -0.493. The van der Waals surface area contributed by atoms with E-state index in [1.807, 2.05) is 30.3 Å². The topological polar surface area (TPSA) is 90.9 Å². The van der Waals surface area contributed by atoms with Crippen molar-refractivity contribution in [2.45, 2.75) is 19.4 Å². The Balaban J connectivity index is 1.60. The zero-order valence-corrected chi connectivity index (χ0v) is 15.7. The summed E-state index contributed by atoms with van der Waals surface area (Å²) in [5.74, 6) is -0.673. The highest BCUT2D eigenvalue weighted by Gasteiger charge is 2.08. The summed E-state index contributed by atoms with van der Waals surface area (Å²) in [5, 5.41) is 2.52. The second-order valence-corrected chi connectivity index (χ2v) is 5.89. The average Bonchev–Trinajstić information content (AvgIpc) is 2.74. The summed E-state index contributed by atoms with van der Waals surface area (Å²) in [6.07, 6.45) is 0.677. The summed E-state index contributed by atoms with van der Waals surface area (Å²) in [7, 11) is 1.31. The van der Waals surface area contributed by atoms with Crippen LogP contribution in [0.25, 0.3) is 0 Å². The molecule has 7 heteroatoms. The summed E-state index contributed by atoms with van der Waals surface area (Å²) >= 11 is 0. The van der Waals surface area contributed by atoms with Gasteiger partial charge in [-0.25, -0.2) is 4.79 Å². The molecule has 1 amide bonds. The van der Waals surface area contributed by atoms with E-state index in [2.05, 4.69) is 10.1 Å². The average molecular weight is 385 g/mol. The number of hydrogen-bond acceptors (Lipinski definition) is 6. The Labute approximate surface area is 163 Å². The van der Waals surface area contributed by atoms with Gasteiger partial charge in [0.15, 0.2) is 0 Å². The van der Waals surface area contributed by atoms with Crippen LogP contribution in [0.5, 0.6) is 5.75 Å².